The number of aromatic nitrogens is 3. The van der Waals surface area contributed by atoms with E-state index in [0.29, 0.717) is 0 Å². The Labute approximate surface area is 355 Å². The Bertz CT molecular complexity index is 3470. The van der Waals surface area contributed by atoms with Crippen molar-refractivity contribution < 1.29 is 4.42 Å². The molecule has 4 heteroatoms. The highest BCUT2D eigenvalue weighted by molar-refractivity contribution is 6.17. The Morgan fingerprint density at radius 1 is 0.410 bits per heavy atom. The van der Waals surface area contributed by atoms with Crippen molar-refractivity contribution in [1.82, 2.24) is 15.4 Å². The van der Waals surface area contributed by atoms with E-state index < -0.39 is 0 Å². The molecule has 0 aliphatic heterocycles. The fourth-order valence-electron chi connectivity index (χ4n) is 10.5. The van der Waals surface area contributed by atoms with Gasteiger partial charge in [0.1, 0.15) is 22.6 Å². The van der Waals surface area contributed by atoms with Crippen LogP contribution in [0.4, 0.5) is 0 Å². The molecule has 2 aromatic heterocycles. The minimum atomic E-state index is 0.821. The van der Waals surface area contributed by atoms with Crippen LogP contribution in [0, 0.1) is 27.7 Å². The van der Waals surface area contributed by atoms with Crippen LogP contribution in [0.25, 0.3) is 100 Å². The highest BCUT2D eigenvalue weighted by Gasteiger charge is 2.33. The van der Waals surface area contributed by atoms with E-state index in [1.165, 1.54) is 72.3 Å². The lowest BCUT2D eigenvalue weighted by Crippen LogP contribution is -2.07. The van der Waals surface area contributed by atoms with Gasteiger partial charge in [0, 0.05) is 33.0 Å². The predicted molar refractivity (Wildman–Crippen MR) is 250 cm³/mol. The molecule has 0 N–H and O–H groups in total. The number of benzene rings is 8. The summed E-state index contributed by atoms with van der Waals surface area (Å²) in [5.74, 6) is 0. The fraction of sp³-hybridized carbons (Fsp3) is 0.105. The summed E-state index contributed by atoms with van der Waals surface area (Å²) in [6.07, 6.45) is 1.67. The highest BCUT2D eigenvalue weighted by atomic mass is 16.3. The molecule has 0 atom stereocenters. The van der Waals surface area contributed by atoms with E-state index in [0.717, 1.165) is 85.1 Å². The smallest absolute Gasteiger partial charge is 0.136 e. The molecule has 0 saturated carbocycles. The van der Waals surface area contributed by atoms with Crippen LogP contribution >= 0.6 is 0 Å². The first kappa shape index (κ1) is 35.5. The van der Waals surface area contributed by atoms with E-state index >= 15 is 0 Å². The predicted octanol–water partition coefficient (Wildman–Crippen LogP) is 14.5. The summed E-state index contributed by atoms with van der Waals surface area (Å²) in [6, 6.07) is 54.6. The number of hydrogen-bond donors (Lipinski definition) is 0. The van der Waals surface area contributed by atoms with Crippen molar-refractivity contribution >= 4 is 21.9 Å². The summed E-state index contributed by atoms with van der Waals surface area (Å²) in [6.45, 7) is 9.02. The van der Waals surface area contributed by atoms with Crippen LogP contribution in [0.2, 0.25) is 0 Å². The van der Waals surface area contributed by atoms with Crippen molar-refractivity contribution in [3.63, 3.8) is 0 Å². The van der Waals surface area contributed by atoms with Gasteiger partial charge in [0.2, 0.25) is 0 Å². The Hall–Kier alpha value is -7.43. The number of aryl methyl sites for hydroxylation is 2. The van der Waals surface area contributed by atoms with Crippen molar-refractivity contribution in [2.24, 2.45) is 0 Å². The fourth-order valence-corrected chi connectivity index (χ4v) is 10.5. The minimum absolute atomic E-state index is 0.821. The zero-order chi connectivity index (χ0) is 40.9. The third kappa shape index (κ3) is 5.28. The first-order valence-corrected chi connectivity index (χ1v) is 21.2. The second-order valence-corrected chi connectivity index (χ2v) is 16.8. The molecule has 0 spiro atoms. The zero-order valence-corrected chi connectivity index (χ0v) is 34.6. The number of furan rings is 1. The molecule has 2 aliphatic rings. The van der Waals surface area contributed by atoms with Crippen molar-refractivity contribution in [2.75, 3.05) is 0 Å². The first-order chi connectivity index (χ1) is 29.9. The first-order valence-electron chi connectivity index (χ1n) is 21.2. The largest absolute Gasteiger partial charge is 0.456 e. The maximum Gasteiger partial charge on any atom is 0.136 e. The quantitative estimate of drug-likeness (QED) is 0.174. The Morgan fingerprint density at radius 3 is 1.67 bits per heavy atom. The molecule has 0 radical (unpaired) electrons. The van der Waals surface area contributed by atoms with Gasteiger partial charge in [-0.25, -0.2) is 0 Å². The summed E-state index contributed by atoms with van der Waals surface area (Å²) in [5, 5.41) is 17.3. The van der Waals surface area contributed by atoms with Gasteiger partial charge in [-0.15, -0.1) is 10.2 Å². The van der Waals surface area contributed by atoms with E-state index in [4.69, 9.17) is 19.8 Å². The van der Waals surface area contributed by atoms with Gasteiger partial charge in [-0.3, -0.25) is 0 Å². The lowest BCUT2D eigenvalue weighted by Gasteiger charge is -2.23. The van der Waals surface area contributed by atoms with Gasteiger partial charge in [-0.2, -0.15) is 0 Å². The standard InChI is InChI=1S/C57H41N3O/c1-32-28-45-39-20-10-8-18-37(39)30-47(45)51(34(32)3)55-56(58-60-59-57(55)52-35(4)33(2)29-46-40-21-11-9-19-38(40)31-48(46)52)43-23-13-12-22-42(43)53-41(36-16-6-5-7-17-36)26-27-50-54(53)44-24-14-15-25-49(44)61-50/h5-29H,30-31H2,1-4H3. The maximum absolute atomic E-state index is 6.59. The average Bonchev–Trinajstić information content (AvgIpc) is 3.98. The van der Waals surface area contributed by atoms with Gasteiger partial charge in [-0.1, -0.05) is 140 Å². The Balaban J connectivity index is 1.22. The normalized spacial score (nSPS) is 12.5. The van der Waals surface area contributed by atoms with Gasteiger partial charge < -0.3 is 4.42 Å². The van der Waals surface area contributed by atoms with Gasteiger partial charge in [0.05, 0.1) is 0 Å². The van der Waals surface area contributed by atoms with Crippen molar-refractivity contribution in [3.8, 4) is 78.1 Å². The van der Waals surface area contributed by atoms with E-state index in [9.17, 15) is 0 Å². The molecule has 8 aromatic carbocycles. The van der Waals surface area contributed by atoms with Crippen LogP contribution in [0.15, 0.2) is 156 Å². The number of para-hydroxylation sites is 1. The van der Waals surface area contributed by atoms with Crippen molar-refractivity contribution in [3.05, 3.63) is 196 Å². The van der Waals surface area contributed by atoms with Crippen molar-refractivity contribution in [1.29, 1.82) is 0 Å². The highest BCUT2D eigenvalue weighted by Crippen LogP contribution is 2.53. The van der Waals surface area contributed by atoms with Crippen LogP contribution in [0.3, 0.4) is 0 Å². The molecule has 10 aromatic rings. The van der Waals surface area contributed by atoms with E-state index in [1.807, 2.05) is 6.07 Å². The molecule has 12 rings (SSSR count). The van der Waals surface area contributed by atoms with Crippen LogP contribution in [0.5, 0.6) is 0 Å². The molecule has 4 nitrogen and oxygen atoms in total. The Kier molecular flexibility index (Phi) is 7.89. The molecule has 61 heavy (non-hydrogen) atoms. The SMILES string of the molecule is Cc1cc2c(c(-c3nnnc(-c4ccccc4-c4c(-c5ccccc5)ccc5oc6ccccc6c45)c3-c3c(C)c(C)cc4c3Cc3ccccc3-4)c1C)Cc1ccccc1-2. The molecule has 0 fully saturated rings. The third-order valence-electron chi connectivity index (χ3n) is 13.6. The summed E-state index contributed by atoms with van der Waals surface area (Å²) in [7, 11) is 0. The monoisotopic (exact) mass is 783 g/mol. The summed E-state index contributed by atoms with van der Waals surface area (Å²) in [4.78, 5) is 0. The molecule has 0 saturated heterocycles. The molecule has 0 amide bonds. The molecule has 2 heterocycles. The second-order valence-electron chi connectivity index (χ2n) is 16.8. The molecular formula is C57H41N3O. The van der Waals surface area contributed by atoms with E-state index in [1.54, 1.807) is 0 Å². The molecule has 290 valence electrons. The molecule has 0 bridgehead atoms. The van der Waals surface area contributed by atoms with Crippen molar-refractivity contribution in [2.45, 2.75) is 40.5 Å². The van der Waals surface area contributed by atoms with Crippen LogP contribution in [0.1, 0.15) is 44.5 Å². The lowest BCUT2D eigenvalue weighted by molar-refractivity contribution is 0.669. The maximum atomic E-state index is 6.59. The van der Waals surface area contributed by atoms with Gasteiger partial charge in [-0.05, 0) is 147 Å². The summed E-state index contributed by atoms with van der Waals surface area (Å²) < 4.78 is 6.59. The van der Waals surface area contributed by atoms with Gasteiger partial charge in [0.15, 0.2) is 0 Å². The summed E-state index contributed by atoms with van der Waals surface area (Å²) in [5.41, 5.74) is 27.7. The number of fused-ring (bicyclic) bond motifs is 9. The van der Waals surface area contributed by atoms with E-state index in [2.05, 4.69) is 173 Å². The topological polar surface area (TPSA) is 51.8 Å². The molecule has 0 unspecified atom stereocenters. The molecule has 2 aliphatic carbocycles. The van der Waals surface area contributed by atoms with Gasteiger partial charge >= 0.3 is 0 Å². The van der Waals surface area contributed by atoms with Crippen LogP contribution < -0.4 is 0 Å². The third-order valence-corrected chi connectivity index (χ3v) is 13.6. The van der Waals surface area contributed by atoms with Gasteiger partial charge in [0.25, 0.3) is 0 Å². The Morgan fingerprint density at radius 2 is 0.967 bits per heavy atom. The summed E-state index contributed by atoms with van der Waals surface area (Å²) >= 11 is 0. The lowest BCUT2D eigenvalue weighted by atomic mass is 9.81. The second kappa shape index (κ2) is 13.6. The number of hydrogen-bond acceptors (Lipinski definition) is 4. The van der Waals surface area contributed by atoms with Crippen LogP contribution in [-0.4, -0.2) is 15.4 Å². The number of rotatable bonds is 5. The van der Waals surface area contributed by atoms with Crippen LogP contribution in [-0.2, 0) is 12.8 Å². The minimum Gasteiger partial charge on any atom is -0.456 e. The zero-order valence-electron chi connectivity index (χ0n) is 34.6. The number of nitrogens with zero attached hydrogens (tertiary/aromatic N) is 3. The van der Waals surface area contributed by atoms with E-state index in [-0.39, 0.29) is 0 Å². The molecular weight excluding hydrogens is 743 g/mol. The average molecular weight is 784 g/mol.